The molecule has 0 saturated carbocycles. The molecule has 0 spiro atoms. The zero-order valence-electron chi connectivity index (χ0n) is 17.8. The Kier molecular flexibility index (Phi) is 6.42. The largest absolute Gasteiger partial charge is 0.488 e. The summed E-state index contributed by atoms with van der Waals surface area (Å²) in [4.78, 5) is 23.5. The second kappa shape index (κ2) is 9.76. The molecule has 0 aliphatic rings. The van der Waals surface area contributed by atoms with Crippen molar-refractivity contribution in [1.29, 1.82) is 5.26 Å². The number of ether oxygens (including phenoxy) is 1. The predicted octanol–water partition coefficient (Wildman–Crippen LogP) is 6.26. The average molecular weight is 452 g/mol. The van der Waals surface area contributed by atoms with E-state index in [0.717, 1.165) is 16.8 Å². The van der Waals surface area contributed by atoms with E-state index in [0.29, 0.717) is 16.9 Å². The number of hydrogen-bond acceptors (Lipinski definition) is 5. The molecule has 0 N–H and O–H groups in total. The van der Waals surface area contributed by atoms with Gasteiger partial charge in [0.1, 0.15) is 29.8 Å². The molecule has 34 heavy (non-hydrogen) atoms. The lowest BCUT2D eigenvalue weighted by Gasteiger charge is -2.13. The molecule has 0 amide bonds. The first-order valence-corrected chi connectivity index (χ1v) is 10.3. The van der Waals surface area contributed by atoms with E-state index in [1.807, 2.05) is 36.4 Å². The molecule has 0 atom stereocenters. The number of nitriles is 1. The molecule has 0 saturated heterocycles. The number of rotatable bonds is 7. The van der Waals surface area contributed by atoms with Gasteiger partial charge >= 0.3 is 0 Å². The van der Waals surface area contributed by atoms with Crippen molar-refractivity contribution >= 4 is 28.3 Å². The average Bonchev–Trinajstić information content (AvgIpc) is 2.86. The van der Waals surface area contributed by atoms with Crippen molar-refractivity contribution in [1.82, 2.24) is 0 Å². The number of nitrogens with zero attached hydrogens (tertiary/aromatic N) is 2. The summed E-state index contributed by atoms with van der Waals surface area (Å²) in [6.45, 7) is -0.0490. The van der Waals surface area contributed by atoms with E-state index in [2.05, 4.69) is 0 Å². The first kappa shape index (κ1) is 22.4. The fraction of sp³-hybridized carbons (Fsp3) is 0.0370. The van der Waals surface area contributed by atoms with Crippen molar-refractivity contribution < 1.29 is 18.8 Å². The maximum atomic E-state index is 14.1. The number of benzene rings is 4. The van der Waals surface area contributed by atoms with Gasteiger partial charge in [-0.3, -0.25) is 14.9 Å². The SMILES string of the molecule is N#C/C(=C\c1c(OCc2ccccc2F)ccc2ccccc12)C(=O)c1cccc([N+](=O)[O-])c1. The highest BCUT2D eigenvalue weighted by Crippen LogP contribution is 2.32. The maximum Gasteiger partial charge on any atom is 0.270 e. The number of nitro groups is 1. The van der Waals surface area contributed by atoms with E-state index in [4.69, 9.17) is 4.74 Å². The number of allylic oxidation sites excluding steroid dienone is 1. The van der Waals surface area contributed by atoms with Crippen LogP contribution in [-0.4, -0.2) is 10.7 Å². The third-order valence-electron chi connectivity index (χ3n) is 5.24. The maximum absolute atomic E-state index is 14.1. The molecule has 4 aromatic carbocycles. The van der Waals surface area contributed by atoms with Gasteiger partial charge in [0.25, 0.3) is 5.69 Å². The summed E-state index contributed by atoms with van der Waals surface area (Å²) in [7, 11) is 0. The highest BCUT2D eigenvalue weighted by Gasteiger charge is 2.18. The Labute approximate surface area is 194 Å². The van der Waals surface area contributed by atoms with Crippen molar-refractivity contribution in [3.05, 3.63) is 123 Å². The van der Waals surface area contributed by atoms with Gasteiger partial charge in [0.2, 0.25) is 5.78 Å². The van der Waals surface area contributed by atoms with Crippen LogP contribution in [0.25, 0.3) is 16.8 Å². The van der Waals surface area contributed by atoms with Crippen molar-refractivity contribution in [2.24, 2.45) is 0 Å². The zero-order chi connectivity index (χ0) is 24.1. The van der Waals surface area contributed by atoms with Crippen LogP contribution in [0, 0.1) is 27.3 Å². The number of hydrogen-bond donors (Lipinski definition) is 0. The molecular formula is C27H17FN2O4. The van der Waals surface area contributed by atoms with Crippen molar-refractivity contribution in [2.75, 3.05) is 0 Å². The molecule has 6 nitrogen and oxygen atoms in total. The zero-order valence-corrected chi connectivity index (χ0v) is 17.8. The number of carbonyl (C=O) groups excluding carboxylic acids is 1. The fourth-order valence-electron chi connectivity index (χ4n) is 3.53. The van der Waals surface area contributed by atoms with E-state index in [1.165, 1.54) is 30.3 Å². The molecule has 0 radical (unpaired) electrons. The van der Waals surface area contributed by atoms with E-state index >= 15 is 0 Å². The molecule has 0 fully saturated rings. The molecule has 0 aliphatic carbocycles. The van der Waals surface area contributed by atoms with E-state index in [1.54, 1.807) is 24.3 Å². The summed E-state index contributed by atoms with van der Waals surface area (Å²) >= 11 is 0. The third-order valence-corrected chi connectivity index (χ3v) is 5.24. The molecule has 4 aromatic rings. The van der Waals surface area contributed by atoms with Crippen LogP contribution in [0.4, 0.5) is 10.1 Å². The predicted molar refractivity (Wildman–Crippen MR) is 126 cm³/mol. The number of non-ortho nitro benzene ring substituents is 1. The Morgan fingerprint density at radius 1 is 1.03 bits per heavy atom. The molecule has 0 aromatic heterocycles. The molecule has 4 rings (SSSR count). The molecular weight excluding hydrogens is 435 g/mol. The summed E-state index contributed by atoms with van der Waals surface area (Å²) in [6, 6.07) is 24.2. The van der Waals surface area contributed by atoms with Crippen LogP contribution in [0.3, 0.4) is 0 Å². The Hall–Kier alpha value is -4.83. The second-order valence-corrected chi connectivity index (χ2v) is 7.38. The summed E-state index contributed by atoms with van der Waals surface area (Å²) in [5, 5.41) is 22.4. The van der Waals surface area contributed by atoms with Crippen LogP contribution in [0.5, 0.6) is 5.75 Å². The van der Waals surface area contributed by atoms with Crippen LogP contribution in [0.15, 0.2) is 90.5 Å². The van der Waals surface area contributed by atoms with E-state index in [9.17, 15) is 24.6 Å². The molecule has 0 aliphatic heterocycles. The van der Waals surface area contributed by atoms with Gasteiger partial charge in [0.15, 0.2) is 0 Å². The first-order valence-electron chi connectivity index (χ1n) is 10.3. The van der Waals surface area contributed by atoms with Gasteiger partial charge in [-0.25, -0.2) is 4.39 Å². The fourth-order valence-corrected chi connectivity index (χ4v) is 3.53. The third kappa shape index (κ3) is 4.66. The molecule has 0 unspecified atom stereocenters. The Morgan fingerprint density at radius 2 is 1.79 bits per heavy atom. The van der Waals surface area contributed by atoms with Crippen LogP contribution in [0.2, 0.25) is 0 Å². The van der Waals surface area contributed by atoms with Crippen molar-refractivity contribution in [3.63, 3.8) is 0 Å². The second-order valence-electron chi connectivity index (χ2n) is 7.38. The standard InChI is InChI=1S/C27H17FN2O4/c28-25-11-4-2-7-20(25)17-34-26-13-12-18-6-1-3-10-23(18)24(26)15-21(16-29)27(31)19-8-5-9-22(14-19)30(32)33/h1-15H,17H2/b21-15+. The van der Waals surface area contributed by atoms with E-state index < -0.39 is 16.5 Å². The number of nitro benzene ring substituents is 1. The summed E-state index contributed by atoms with van der Waals surface area (Å²) in [5.74, 6) is -0.695. The molecule has 0 bridgehead atoms. The van der Waals surface area contributed by atoms with Crippen LogP contribution in [-0.2, 0) is 6.61 Å². The highest BCUT2D eigenvalue weighted by atomic mass is 19.1. The van der Waals surface area contributed by atoms with Gasteiger partial charge < -0.3 is 4.74 Å². The summed E-state index contributed by atoms with van der Waals surface area (Å²) in [6.07, 6.45) is 1.40. The van der Waals surface area contributed by atoms with E-state index in [-0.39, 0.29) is 23.4 Å². The summed E-state index contributed by atoms with van der Waals surface area (Å²) in [5.41, 5.74) is 0.398. The number of fused-ring (bicyclic) bond motifs is 1. The molecule has 0 heterocycles. The first-order chi connectivity index (χ1) is 16.5. The number of Topliss-reactive ketones (excluding diaryl/α,β-unsaturated/α-hetero) is 1. The Balaban J connectivity index is 1.78. The number of ketones is 1. The molecule has 7 heteroatoms. The Morgan fingerprint density at radius 3 is 2.56 bits per heavy atom. The van der Waals surface area contributed by atoms with Crippen molar-refractivity contribution in [3.8, 4) is 11.8 Å². The minimum atomic E-state index is -0.654. The minimum absolute atomic E-state index is 0.0241. The van der Waals surface area contributed by atoms with Gasteiger partial charge in [0.05, 0.1) is 4.92 Å². The lowest BCUT2D eigenvalue weighted by molar-refractivity contribution is -0.384. The topological polar surface area (TPSA) is 93.2 Å². The lowest BCUT2D eigenvalue weighted by Crippen LogP contribution is -2.04. The normalized spacial score (nSPS) is 11.1. The highest BCUT2D eigenvalue weighted by molar-refractivity contribution is 6.15. The molecule has 166 valence electrons. The monoisotopic (exact) mass is 452 g/mol. The minimum Gasteiger partial charge on any atom is -0.488 e. The van der Waals surface area contributed by atoms with Crippen LogP contribution in [0.1, 0.15) is 21.5 Å². The van der Waals surface area contributed by atoms with Gasteiger partial charge in [0, 0.05) is 28.8 Å². The smallest absolute Gasteiger partial charge is 0.270 e. The van der Waals surface area contributed by atoms with Gasteiger partial charge in [-0.05, 0) is 29.0 Å². The van der Waals surface area contributed by atoms with Gasteiger partial charge in [-0.1, -0.05) is 60.7 Å². The number of carbonyl (C=O) groups is 1. The Bertz CT molecular complexity index is 1490. The van der Waals surface area contributed by atoms with Gasteiger partial charge in [-0.15, -0.1) is 0 Å². The van der Waals surface area contributed by atoms with Crippen LogP contribution < -0.4 is 4.74 Å². The van der Waals surface area contributed by atoms with Crippen LogP contribution >= 0.6 is 0 Å². The van der Waals surface area contributed by atoms with Crippen molar-refractivity contribution in [2.45, 2.75) is 6.61 Å². The summed E-state index contributed by atoms with van der Waals surface area (Å²) < 4.78 is 20.0. The quantitative estimate of drug-likeness (QED) is 0.109. The lowest BCUT2D eigenvalue weighted by atomic mass is 9.97. The number of halogens is 1. The van der Waals surface area contributed by atoms with Gasteiger partial charge in [-0.2, -0.15) is 5.26 Å².